The van der Waals surface area contributed by atoms with Crippen LogP contribution in [0.2, 0.25) is 0 Å². The van der Waals surface area contributed by atoms with Crippen molar-refractivity contribution in [1.29, 1.82) is 0 Å². The van der Waals surface area contributed by atoms with Gasteiger partial charge in [0.1, 0.15) is 0 Å². The van der Waals surface area contributed by atoms with E-state index in [0.717, 1.165) is 9.37 Å². The Kier molecular flexibility index (Phi) is 3.84. The van der Waals surface area contributed by atoms with Crippen molar-refractivity contribution >= 4 is 34.5 Å². The van der Waals surface area contributed by atoms with Crippen LogP contribution >= 0.6 is 28.6 Å². The van der Waals surface area contributed by atoms with Crippen molar-refractivity contribution in [3.8, 4) is 0 Å². The fraction of sp³-hybridized carbons (Fsp3) is 0.364. The molecule has 1 aromatic rings. The highest BCUT2D eigenvalue weighted by Crippen LogP contribution is 2.20. The number of halogens is 1. The first-order chi connectivity index (χ1) is 6.79. The third-order valence-corrected chi connectivity index (χ3v) is 2.65. The molecular weight excluding hydrogens is 274 g/mol. The van der Waals surface area contributed by atoms with Crippen LogP contribution < -0.4 is 5.32 Å². The van der Waals surface area contributed by atoms with E-state index in [9.17, 15) is 4.79 Å². The molecule has 1 N–H and O–H groups in total. The molecule has 0 spiro atoms. The van der Waals surface area contributed by atoms with Gasteiger partial charge in [0.25, 0.3) is 5.91 Å². The van der Waals surface area contributed by atoms with Gasteiger partial charge in [-0.1, -0.05) is 0 Å². The molecule has 15 heavy (non-hydrogen) atoms. The molecule has 0 atom stereocenters. The Morgan fingerprint density at radius 1 is 1.40 bits per heavy atom. The van der Waals surface area contributed by atoms with Crippen molar-refractivity contribution in [2.45, 2.75) is 31.2 Å². The maximum Gasteiger partial charge on any atom is 0.252 e. The first-order valence-electron chi connectivity index (χ1n) is 4.60. The van der Waals surface area contributed by atoms with Crippen LogP contribution in [0.15, 0.2) is 27.6 Å². The molecule has 0 aliphatic heterocycles. The van der Waals surface area contributed by atoms with Gasteiger partial charge in [-0.15, -0.1) is 12.6 Å². The second-order valence-corrected chi connectivity index (χ2v) is 5.74. The summed E-state index contributed by atoms with van der Waals surface area (Å²) >= 11 is 7.55. The molecule has 0 aliphatic carbocycles. The highest BCUT2D eigenvalue weighted by atomic mass is 79.9. The minimum Gasteiger partial charge on any atom is -0.347 e. The largest absolute Gasteiger partial charge is 0.347 e. The van der Waals surface area contributed by atoms with E-state index in [2.05, 4.69) is 33.9 Å². The summed E-state index contributed by atoms with van der Waals surface area (Å²) in [6.45, 7) is 5.84. The van der Waals surface area contributed by atoms with E-state index >= 15 is 0 Å². The van der Waals surface area contributed by atoms with Crippen LogP contribution in [0.1, 0.15) is 31.1 Å². The van der Waals surface area contributed by atoms with Crippen LogP contribution in [0, 0.1) is 0 Å². The van der Waals surface area contributed by atoms with Crippen molar-refractivity contribution in [2.24, 2.45) is 0 Å². The Hall–Kier alpha value is -0.480. The van der Waals surface area contributed by atoms with Crippen molar-refractivity contribution < 1.29 is 4.79 Å². The Morgan fingerprint density at radius 2 is 2.00 bits per heavy atom. The lowest BCUT2D eigenvalue weighted by Gasteiger charge is -2.21. The summed E-state index contributed by atoms with van der Waals surface area (Å²) in [5, 5.41) is 2.90. The normalized spacial score (nSPS) is 11.3. The summed E-state index contributed by atoms with van der Waals surface area (Å²) in [6.07, 6.45) is 0. The fourth-order valence-electron chi connectivity index (χ4n) is 1.10. The number of nitrogens with one attached hydrogen (secondary N) is 1. The molecule has 0 unspecified atom stereocenters. The smallest absolute Gasteiger partial charge is 0.252 e. The minimum absolute atomic E-state index is 0.0923. The SMILES string of the molecule is CC(C)(C)NC(=O)c1cc(S)ccc1Br. The number of amides is 1. The summed E-state index contributed by atoms with van der Waals surface area (Å²) in [5.74, 6) is -0.0923. The van der Waals surface area contributed by atoms with Gasteiger partial charge in [0.2, 0.25) is 0 Å². The maximum absolute atomic E-state index is 11.9. The zero-order valence-electron chi connectivity index (χ0n) is 8.97. The van der Waals surface area contributed by atoms with Crippen molar-refractivity contribution in [1.82, 2.24) is 5.32 Å². The minimum atomic E-state index is -0.233. The van der Waals surface area contributed by atoms with E-state index in [1.807, 2.05) is 32.9 Å². The second kappa shape index (κ2) is 4.58. The first kappa shape index (κ1) is 12.6. The topological polar surface area (TPSA) is 29.1 Å². The summed E-state index contributed by atoms with van der Waals surface area (Å²) in [7, 11) is 0. The monoisotopic (exact) mass is 287 g/mol. The van der Waals surface area contributed by atoms with E-state index in [4.69, 9.17) is 0 Å². The number of rotatable bonds is 1. The molecule has 0 aromatic heterocycles. The number of hydrogen-bond donors (Lipinski definition) is 2. The van der Waals surface area contributed by atoms with Gasteiger partial charge < -0.3 is 5.32 Å². The molecule has 0 aliphatic rings. The molecule has 1 amide bonds. The zero-order valence-corrected chi connectivity index (χ0v) is 11.4. The molecular formula is C11H14BrNOS. The lowest BCUT2D eigenvalue weighted by molar-refractivity contribution is 0.0918. The summed E-state index contributed by atoms with van der Waals surface area (Å²) in [4.78, 5) is 12.6. The number of carbonyl (C=O) groups is 1. The Labute approximate surface area is 104 Å². The van der Waals surface area contributed by atoms with Crippen LogP contribution in [0.4, 0.5) is 0 Å². The lowest BCUT2D eigenvalue weighted by Crippen LogP contribution is -2.40. The van der Waals surface area contributed by atoms with Gasteiger partial charge >= 0.3 is 0 Å². The average Bonchev–Trinajstić information content (AvgIpc) is 2.06. The molecule has 82 valence electrons. The Balaban J connectivity index is 2.96. The fourth-order valence-corrected chi connectivity index (χ4v) is 1.73. The highest BCUT2D eigenvalue weighted by Gasteiger charge is 2.17. The standard InChI is InChI=1S/C11H14BrNOS/c1-11(2,3)13-10(14)8-6-7(15)4-5-9(8)12/h4-6,15H,1-3H3,(H,13,14). The highest BCUT2D eigenvalue weighted by molar-refractivity contribution is 9.10. The van der Waals surface area contributed by atoms with E-state index in [0.29, 0.717) is 5.56 Å². The van der Waals surface area contributed by atoms with Gasteiger partial charge in [0, 0.05) is 14.9 Å². The van der Waals surface area contributed by atoms with Gasteiger partial charge in [-0.3, -0.25) is 4.79 Å². The Bertz CT molecular complexity index is 385. The zero-order chi connectivity index (χ0) is 11.6. The van der Waals surface area contributed by atoms with Crippen molar-refractivity contribution in [3.05, 3.63) is 28.2 Å². The van der Waals surface area contributed by atoms with Gasteiger partial charge in [0.15, 0.2) is 0 Å². The molecule has 0 heterocycles. The number of carbonyl (C=O) groups excluding carboxylic acids is 1. The molecule has 0 saturated heterocycles. The Morgan fingerprint density at radius 3 is 2.53 bits per heavy atom. The molecule has 0 fully saturated rings. The van der Waals surface area contributed by atoms with Gasteiger partial charge in [-0.2, -0.15) is 0 Å². The maximum atomic E-state index is 11.9. The van der Waals surface area contributed by atoms with Gasteiger partial charge in [-0.25, -0.2) is 0 Å². The van der Waals surface area contributed by atoms with Crippen molar-refractivity contribution in [3.63, 3.8) is 0 Å². The predicted octanol–water partition coefficient (Wildman–Crippen LogP) is 3.27. The quantitative estimate of drug-likeness (QED) is 0.763. The van der Waals surface area contributed by atoms with E-state index in [1.165, 1.54) is 0 Å². The van der Waals surface area contributed by atoms with Gasteiger partial charge in [-0.05, 0) is 54.9 Å². The summed E-state index contributed by atoms with van der Waals surface area (Å²) in [6, 6.07) is 5.40. The average molecular weight is 288 g/mol. The van der Waals surface area contributed by atoms with E-state index < -0.39 is 0 Å². The molecule has 0 saturated carbocycles. The number of hydrogen-bond acceptors (Lipinski definition) is 2. The summed E-state index contributed by atoms with van der Waals surface area (Å²) in [5.41, 5.74) is 0.376. The van der Waals surface area contributed by atoms with Crippen LogP contribution in [0.3, 0.4) is 0 Å². The molecule has 0 radical (unpaired) electrons. The third-order valence-electron chi connectivity index (χ3n) is 1.68. The van der Waals surface area contributed by atoms with Gasteiger partial charge in [0.05, 0.1) is 5.56 Å². The third kappa shape index (κ3) is 3.87. The van der Waals surface area contributed by atoms with Crippen molar-refractivity contribution in [2.75, 3.05) is 0 Å². The van der Waals surface area contributed by atoms with Crippen LogP contribution in [-0.4, -0.2) is 11.4 Å². The number of thiol groups is 1. The molecule has 2 nitrogen and oxygen atoms in total. The molecule has 0 bridgehead atoms. The van der Waals surface area contributed by atoms with Crippen LogP contribution in [0.25, 0.3) is 0 Å². The predicted molar refractivity (Wildman–Crippen MR) is 68.6 cm³/mol. The van der Waals surface area contributed by atoms with E-state index in [1.54, 1.807) is 6.07 Å². The number of benzene rings is 1. The second-order valence-electron chi connectivity index (χ2n) is 4.37. The molecule has 4 heteroatoms. The summed E-state index contributed by atoms with van der Waals surface area (Å²) < 4.78 is 0.780. The molecule has 1 rings (SSSR count). The lowest BCUT2D eigenvalue weighted by atomic mass is 10.1. The van der Waals surface area contributed by atoms with Crippen LogP contribution in [-0.2, 0) is 0 Å². The van der Waals surface area contributed by atoms with Crippen LogP contribution in [0.5, 0.6) is 0 Å². The van der Waals surface area contributed by atoms with E-state index in [-0.39, 0.29) is 11.4 Å². The molecule has 1 aromatic carbocycles. The first-order valence-corrected chi connectivity index (χ1v) is 5.84.